The first-order chi connectivity index (χ1) is 15.3. The number of nitro groups is 1. The van der Waals surface area contributed by atoms with Gasteiger partial charge in [-0.1, -0.05) is 0 Å². The van der Waals surface area contributed by atoms with Gasteiger partial charge in [0, 0.05) is 59.4 Å². The summed E-state index contributed by atoms with van der Waals surface area (Å²) >= 11 is 1.29. The maximum absolute atomic E-state index is 12.1. The highest BCUT2D eigenvalue weighted by Crippen LogP contribution is 2.23. The lowest BCUT2D eigenvalue weighted by molar-refractivity contribution is -0.384. The molecule has 0 saturated carbocycles. The number of nitro benzene ring substituents is 1. The molecule has 2 aromatic carbocycles. The standard InChI is InChI=1S/C23H25N5O3S/c1-16-13-18(17(2)27(16)20-7-5-19(6-8-20)26(3)4)14-24-25-23(29)15-32-22-11-9-21(10-12-22)28(30)31/h5-14H,15H2,1-4H3,(H,25,29)/b24-14-. The third-order valence-electron chi connectivity index (χ3n) is 4.90. The van der Waals surface area contributed by atoms with Crippen molar-refractivity contribution in [2.45, 2.75) is 18.7 Å². The van der Waals surface area contributed by atoms with E-state index in [0.29, 0.717) is 0 Å². The summed E-state index contributed by atoms with van der Waals surface area (Å²) in [5, 5.41) is 14.8. The summed E-state index contributed by atoms with van der Waals surface area (Å²) in [6.45, 7) is 4.05. The number of aryl methyl sites for hydroxylation is 1. The van der Waals surface area contributed by atoms with Crippen LogP contribution < -0.4 is 10.3 Å². The lowest BCUT2D eigenvalue weighted by atomic mass is 10.2. The number of anilines is 1. The van der Waals surface area contributed by atoms with Crippen molar-refractivity contribution in [2.75, 3.05) is 24.7 Å². The van der Waals surface area contributed by atoms with Crippen LogP contribution in [-0.4, -0.2) is 41.5 Å². The molecule has 1 N–H and O–H groups in total. The van der Waals surface area contributed by atoms with Crippen LogP contribution in [0.25, 0.3) is 5.69 Å². The molecule has 0 radical (unpaired) electrons. The number of hydrogen-bond donors (Lipinski definition) is 1. The lowest BCUT2D eigenvalue weighted by Crippen LogP contribution is -2.19. The Bertz CT molecular complexity index is 1140. The van der Waals surface area contributed by atoms with Crippen LogP contribution in [0.4, 0.5) is 11.4 Å². The third-order valence-corrected chi connectivity index (χ3v) is 5.92. The van der Waals surface area contributed by atoms with Gasteiger partial charge in [0.15, 0.2) is 0 Å². The largest absolute Gasteiger partial charge is 0.378 e. The zero-order valence-electron chi connectivity index (χ0n) is 18.4. The molecule has 32 heavy (non-hydrogen) atoms. The highest BCUT2D eigenvalue weighted by atomic mass is 32.2. The van der Waals surface area contributed by atoms with Crippen molar-refractivity contribution < 1.29 is 9.72 Å². The van der Waals surface area contributed by atoms with Gasteiger partial charge in [-0.3, -0.25) is 14.9 Å². The van der Waals surface area contributed by atoms with Crippen LogP contribution in [0, 0.1) is 24.0 Å². The van der Waals surface area contributed by atoms with Crippen molar-refractivity contribution in [3.05, 3.63) is 81.7 Å². The number of hydrazone groups is 1. The SMILES string of the molecule is Cc1cc(/C=N\NC(=O)CSc2ccc([N+](=O)[O-])cc2)c(C)n1-c1ccc(N(C)C)cc1. The highest BCUT2D eigenvalue weighted by Gasteiger charge is 2.10. The van der Waals surface area contributed by atoms with Crippen LogP contribution >= 0.6 is 11.8 Å². The number of thioether (sulfide) groups is 1. The van der Waals surface area contributed by atoms with Gasteiger partial charge in [-0.25, -0.2) is 5.43 Å². The summed E-state index contributed by atoms with van der Waals surface area (Å²) < 4.78 is 2.15. The van der Waals surface area contributed by atoms with Crippen LogP contribution in [-0.2, 0) is 4.79 Å². The van der Waals surface area contributed by atoms with Crippen LogP contribution in [0.1, 0.15) is 17.0 Å². The van der Waals surface area contributed by atoms with E-state index in [2.05, 4.69) is 44.3 Å². The highest BCUT2D eigenvalue weighted by molar-refractivity contribution is 8.00. The maximum Gasteiger partial charge on any atom is 0.269 e. The first kappa shape index (κ1) is 23.1. The molecule has 1 aromatic heterocycles. The molecule has 1 heterocycles. The average Bonchev–Trinajstić information content (AvgIpc) is 3.05. The van der Waals surface area contributed by atoms with E-state index in [1.54, 1.807) is 18.3 Å². The molecule has 0 fully saturated rings. The molecular weight excluding hydrogens is 426 g/mol. The molecular formula is C23H25N5O3S. The van der Waals surface area contributed by atoms with Crippen molar-refractivity contribution in [1.29, 1.82) is 0 Å². The van der Waals surface area contributed by atoms with E-state index in [1.165, 1.54) is 23.9 Å². The van der Waals surface area contributed by atoms with Gasteiger partial charge < -0.3 is 9.47 Å². The predicted octanol–water partition coefficient (Wildman–Crippen LogP) is 4.31. The number of carbonyl (C=O) groups excluding carboxylic acids is 1. The number of nitrogens with zero attached hydrogens (tertiary/aromatic N) is 4. The number of hydrogen-bond acceptors (Lipinski definition) is 6. The second-order valence-corrected chi connectivity index (χ2v) is 8.45. The molecule has 1 amide bonds. The third kappa shape index (κ3) is 5.55. The number of amides is 1. The van der Waals surface area contributed by atoms with Crippen molar-refractivity contribution in [1.82, 2.24) is 9.99 Å². The van der Waals surface area contributed by atoms with Gasteiger partial charge in [-0.05, 0) is 56.3 Å². The molecule has 0 atom stereocenters. The second-order valence-electron chi connectivity index (χ2n) is 7.41. The molecule has 9 heteroatoms. The fraction of sp³-hybridized carbons (Fsp3) is 0.217. The van der Waals surface area contributed by atoms with E-state index in [1.807, 2.05) is 34.0 Å². The monoisotopic (exact) mass is 451 g/mol. The van der Waals surface area contributed by atoms with Crippen LogP contribution in [0.3, 0.4) is 0 Å². The zero-order valence-corrected chi connectivity index (χ0v) is 19.2. The van der Waals surface area contributed by atoms with Gasteiger partial charge in [-0.2, -0.15) is 5.10 Å². The molecule has 0 aliphatic rings. The number of aromatic nitrogens is 1. The molecule has 3 rings (SSSR count). The minimum atomic E-state index is -0.453. The summed E-state index contributed by atoms with van der Waals surface area (Å²) in [6, 6.07) is 16.4. The second kappa shape index (κ2) is 10.1. The molecule has 0 unspecified atom stereocenters. The van der Waals surface area contributed by atoms with E-state index >= 15 is 0 Å². The minimum absolute atomic E-state index is 0.0228. The van der Waals surface area contributed by atoms with Gasteiger partial charge in [0.2, 0.25) is 5.91 Å². The average molecular weight is 452 g/mol. The first-order valence-corrected chi connectivity index (χ1v) is 10.9. The summed E-state index contributed by atoms with van der Waals surface area (Å²) in [5.41, 5.74) is 7.77. The molecule has 0 bridgehead atoms. The zero-order chi connectivity index (χ0) is 23.3. The maximum atomic E-state index is 12.1. The molecule has 3 aromatic rings. The topological polar surface area (TPSA) is 92.8 Å². The molecule has 166 valence electrons. The Balaban J connectivity index is 1.60. The van der Waals surface area contributed by atoms with Crippen molar-refractivity contribution in [3.63, 3.8) is 0 Å². The Hall–Kier alpha value is -3.59. The molecule has 0 saturated heterocycles. The molecule has 0 aliphatic heterocycles. The Morgan fingerprint density at radius 3 is 2.41 bits per heavy atom. The van der Waals surface area contributed by atoms with E-state index in [0.717, 1.165) is 33.2 Å². The minimum Gasteiger partial charge on any atom is -0.378 e. The Morgan fingerprint density at radius 2 is 1.81 bits per heavy atom. The number of benzene rings is 2. The normalized spacial score (nSPS) is 11.0. The first-order valence-electron chi connectivity index (χ1n) is 9.92. The number of non-ortho nitro benzene ring substituents is 1. The van der Waals surface area contributed by atoms with Gasteiger partial charge in [0.1, 0.15) is 0 Å². The quantitative estimate of drug-likeness (QED) is 0.238. The van der Waals surface area contributed by atoms with Crippen LogP contribution in [0.15, 0.2) is 64.6 Å². The number of carbonyl (C=O) groups is 1. The van der Waals surface area contributed by atoms with E-state index in [9.17, 15) is 14.9 Å². The van der Waals surface area contributed by atoms with E-state index in [-0.39, 0.29) is 17.3 Å². The summed E-state index contributed by atoms with van der Waals surface area (Å²) in [6.07, 6.45) is 1.64. The summed E-state index contributed by atoms with van der Waals surface area (Å²) in [4.78, 5) is 25.2. The smallest absolute Gasteiger partial charge is 0.269 e. The number of nitrogens with one attached hydrogen (secondary N) is 1. The predicted molar refractivity (Wildman–Crippen MR) is 129 cm³/mol. The molecule has 0 spiro atoms. The fourth-order valence-electron chi connectivity index (χ4n) is 3.23. The van der Waals surface area contributed by atoms with Crippen molar-refractivity contribution in [2.24, 2.45) is 5.10 Å². The lowest BCUT2D eigenvalue weighted by Gasteiger charge is -2.14. The van der Waals surface area contributed by atoms with Gasteiger partial charge in [0.25, 0.3) is 5.69 Å². The summed E-state index contributed by atoms with van der Waals surface area (Å²) in [7, 11) is 4.02. The van der Waals surface area contributed by atoms with E-state index in [4.69, 9.17) is 0 Å². The molecule has 8 nitrogen and oxygen atoms in total. The van der Waals surface area contributed by atoms with E-state index < -0.39 is 4.92 Å². The van der Waals surface area contributed by atoms with Crippen molar-refractivity contribution in [3.8, 4) is 5.69 Å². The number of rotatable bonds is 8. The van der Waals surface area contributed by atoms with Gasteiger partial charge in [-0.15, -0.1) is 11.8 Å². The van der Waals surface area contributed by atoms with Gasteiger partial charge in [0.05, 0.1) is 16.9 Å². The van der Waals surface area contributed by atoms with Crippen LogP contribution in [0.2, 0.25) is 0 Å². The Labute approximate surface area is 191 Å². The Kier molecular flexibility index (Phi) is 7.32. The molecule has 0 aliphatic carbocycles. The summed E-state index contributed by atoms with van der Waals surface area (Å²) in [5.74, 6) is -0.0930. The fourth-order valence-corrected chi connectivity index (χ4v) is 3.93. The van der Waals surface area contributed by atoms with Crippen LogP contribution in [0.5, 0.6) is 0 Å². The van der Waals surface area contributed by atoms with Crippen molar-refractivity contribution >= 4 is 35.3 Å². The van der Waals surface area contributed by atoms with Gasteiger partial charge >= 0.3 is 0 Å². The Morgan fingerprint density at radius 1 is 1.16 bits per heavy atom.